The van der Waals surface area contributed by atoms with Crippen LogP contribution in [0.3, 0.4) is 0 Å². The van der Waals surface area contributed by atoms with Crippen LogP contribution >= 0.6 is 15.9 Å². The van der Waals surface area contributed by atoms with Crippen molar-refractivity contribution in [1.29, 1.82) is 0 Å². The second-order valence-electron chi connectivity index (χ2n) is 3.61. The fourth-order valence-corrected chi connectivity index (χ4v) is 1.94. The summed E-state index contributed by atoms with van der Waals surface area (Å²) in [6.07, 6.45) is 2.69. The van der Waals surface area contributed by atoms with Crippen molar-refractivity contribution in [2.24, 2.45) is 0 Å². The smallest absolute Gasteiger partial charge is 0.142 e. The summed E-state index contributed by atoms with van der Waals surface area (Å²) < 4.78 is 13.7. The highest BCUT2D eigenvalue weighted by molar-refractivity contribution is 9.10. The van der Waals surface area contributed by atoms with Gasteiger partial charge in [-0.25, -0.2) is 9.37 Å². The molecule has 0 radical (unpaired) electrons. The zero-order chi connectivity index (χ0) is 13.0. The first kappa shape index (κ1) is 12.9. The molecule has 0 aliphatic heterocycles. The molecule has 0 aliphatic rings. The molecule has 0 aromatic carbocycles. The van der Waals surface area contributed by atoms with Crippen molar-refractivity contribution in [2.45, 2.75) is 0 Å². The van der Waals surface area contributed by atoms with Gasteiger partial charge >= 0.3 is 0 Å². The predicted octanol–water partition coefficient (Wildman–Crippen LogP) is 2.45. The standard InChI is InChI=1S/C12H11BrFN3O/c13-12-5-10(16-1-2-18)4-11(17-12)8-3-9(14)7-15-6-8/h3-7,18H,1-2H2,(H,16,17). The number of nitrogens with one attached hydrogen (secondary N) is 1. The van der Waals surface area contributed by atoms with Crippen molar-refractivity contribution in [3.63, 3.8) is 0 Å². The Morgan fingerprint density at radius 2 is 2.11 bits per heavy atom. The van der Waals surface area contributed by atoms with Gasteiger partial charge in [-0.15, -0.1) is 0 Å². The van der Waals surface area contributed by atoms with Gasteiger partial charge < -0.3 is 10.4 Å². The van der Waals surface area contributed by atoms with E-state index >= 15 is 0 Å². The fourth-order valence-electron chi connectivity index (χ4n) is 1.50. The number of aliphatic hydroxyl groups is 1. The third-order valence-corrected chi connectivity index (χ3v) is 2.64. The molecule has 0 aliphatic carbocycles. The van der Waals surface area contributed by atoms with E-state index in [-0.39, 0.29) is 6.61 Å². The number of hydrogen-bond donors (Lipinski definition) is 2. The number of rotatable bonds is 4. The van der Waals surface area contributed by atoms with E-state index in [2.05, 4.69) is 31.2 Å². The molecule has 18 heavy (non-hydrogen) atoms. The van der Waals surface area contributed by atoms with Crippen LogP contribution in [0.15, 0.2) is 35.2 Å². The lowest BCUT2D eigenvalue weighted by Crippen LogP contribution is -2.05. The normalized spacial score (nSPS) is 10.4. The molecule has 0 unspecified atom stereocenters. The summed E-state index contributed by atoms with van der Waals surface area (Å²) in [6, 6.07) is 4.93. The fraction of sp³-hybridized carbons (Fsp3) is 0.167. The average Bonchev–Trinajstić information content (AvgIpc) is 2.36. The van der Waals surface area contributed by atoms with Gasteiger partial charge in [-0.05, 0) is 34.1 Å². The molecule has 0 atom stereocenters. The van der Waals surface area contributed by atoms with Crippen molar-refractivity contribution in [1.82, 2.24) is 9.97 Å². The highest BCUT2D eigenvalue weighted by atomic mass is 79.9. The van der Waals surface area contributed by atoms with Crippen molar-refractivity contribution in [3.8, 4) is 11.3 Å². The summed E-state index contributed by atoms with van der Waals surface area (Å²) >= 11 is 3.29. The van der Waals surface area contributed by atoms with Gasteiger partial charge in [0, 0.05) is 24.0 Å². The van der Waals surface area contributed by atoms with Crippen LogP contribution in [-0.2, 0) is 0 Å². The molecular formula is C12H11BrFN3O. The van der Waals surface area contributed by atoms with E-state index in [1.54, 1.807) is 18.3 Å². The maximum atomic E-state index is 13.1. The van der Waals surface area contributed by atoms with Crippen LogP contribution in [0, 0.1) is 5.82 Å². The van der Waals surface area contributed by atoms with E-state index in [1.807, 2.05) is 0 Å². The van der Waals surface area contributed by atoms with E-state index in [0.717, 1.165) is 11.9 Å². The van der Waals surface area contributed by atoms with Gasteiger partial charge in [-0.2, -0.15) is 0 Å². The Hall–Kier alpha value is -1.53. The second kappa shape index (κ2) is 5.88. The number of anilines is 1. The minimum Gasteiger partial charge on any atom is -0.395 e. The molecular weight excluding hydrogens is 301 g/mol. The topological polar surface area (TPSA) is 58.0 Å². The number of aromatic nitrogens is 2. The number of aliphatic hydroxyl groups excluding tert-OH is 1. The Morgan fingerprint density at radius 1 is 1.28 bits per heavy atom. The first-order valence-electron chi connectivity index (χ1n) is 5.32. The highest BCUT2D eigenvalue weighted by Crippen LogP contribution is 2.23. The average molecular weight is 312 g/mol. The van der Waals surface area contributed by atoms with E-state index in [0.29, 0.717) is 22.4 Å². The Balaban J connectivity index is 2.35. The summed E-state index contributed by atoms with van der Waals surface area (Å²) in [5.74, 6) is -0.404. The SMILES string of the molecule is OCCNc1cc(Br)nc(-c2cncc(F)c2)c1. The summed E-state index contributed by atoms with van der Waals surface area (Å²) in [5.41, 5.74) is 2.00. The van der Waals surface area contributed by atoms with Gasteiger partial charge in [-0.1, -0.05) is 0 Å². The lowest BCUT2D eigenvalue weighted by molar-refractivity contribution is 0.311. The minimum atomic E-state index is -0.404. The maximum Gasteiger partial charge on any atom is 0.142 e. The molecule has 0 bridgehead atoms. The molecule has 94 valence electrons. The zero-order valence-corrected chi connectivity index (χ0v) is 11.0. The van der Waals surface area contributed by atoms with Crippen molar-refractivity contribution in [3.05, 3.63) is 41.0 Å². The Labute approximate surface area is 112 Å². The number of nitrogens with zero attached hydrogens (tertiary/aromatic N) is 2. The molecule has 0 saturated heterocycles. The molecule has 4 nitrogen and oxygen atoms in total. The van der Waals surface area contributed by atoms with Gasteiger partial charge in [0.05, 0.1) is 18.5 Å². The highest BCUT2D eigenvalue weighted by Gasteiger charge is 2.05. The number of pyridine rings is 2. The van der Waals surface area contributed by atoms with Crippen molar-refractivity contribution >= 4 is 21.6 Å². The van der Waals surface area contributed by atoms with Crippen LogP contribution < -0.4 is 5.32 Å². The Morgan fingerprint density at radius 3 is 2.83 bits per heavy atom. The molecule has 2 aromatic heterocycles. The van der Waals surface area contributed by atoms with Crippen LogP contribution in [0.4, 0.5) is 10.1 Å². The van der Waals surface area contributed by atoms with Crippen molar-refractivity contribution < 1.29 is 9.50 Å². The maximum absolute atomic E-state index is 13.1. The Bertz CT molecular complexity index is 551. The minimum absolute atomic E-state index is 0.0385. The Kier molecular flexibility index (Phi) is 4.22. The van der Waals surface area contributed by atoms with Gasteiger partial charge in [-0.3, -0.25) is 4.98 Å². The van der Waals surface area contributed by atoms with Gasteiger partial charge in [0.25, 0.3) is 0 Å². The number of hydrogen-bond acceptors (Lipinski definition) is 4. The van der Waals surface area contributed by atoms with E-state index in [1.165, 1.54) is 6.07 Å². The van der Waals surface area contributed by atoms with E-state index in [4.69, 9.17) is 5.11 Å². The molecule has 2 rings (SSSR count). The third-order valence-electron chi connectivity index (χ3n) is 2.24. The molecule has 0 saturated carbocycles. The molecule has 0 amide bonds. The van der Waals surface area contributed by atoms with Crippen molar-refractivity contribution in [2.75, 3.05) is 18.5 Å². The third kappa shape index (κ3) is 3.24. The van der Waals surface area contributed by atoms with Gasteiger partial charge in [0.2, 0.25) is 0 Å². The largest absolute Gasteiger partial charge is 0.395 e. The van der Waals surface area contributed by atoms with Crippen LogP contribution in [0.1, 0.15) is 0 Å². The van der Waals surface area contributed by atoms with Crippen LogP contribution in [-0.4, -0.2) is 28.2 Å². The molecule has 0 fully saturated rings. The summed E-state index contributed by atoms with van der Waals surface area (Å²) in [7, 11) is 0. The van der Waals surface area contributed by atoms with Crippen LogP contribution in [0.25, 0.3) is 11.3 Å². The van der Waals surface area contributed by atoms with Gasteiger partial charge in [0.15, 0.2) is 0 Å². The first-order valence-corrected chi connectivity index (χ1v) is 6.11. The quantitative estimate of drug-likeness (QED) is 0.852. The molecule has 2 N–H and O–H groups in total. The summed E-state index contributed by atoms with van der Waals surface area (Å²) in [5, 5.41) is 11.8. The lowest BCUT2D eigenvalue weighted by atomic mass is 10.2. The molecule has 6 heteroatoms. The van der Waals surface area contributed by atoms with E-state index < -0.39 is 5.82 Å². The molecule has 0 spiro atoms. The molecule has 2 heterocycles. The summed E-state index contributed by atoms with van der Waals surface area (Å²) in [4.78, 5) is 8.05. The van der Waals surface area contributed by atoms with E-state index in [9.17, 15) is 4.39 Å². The second-order valence-corrected chi connectivity index (χ2v) is 4.42. The zero-order valence-electron chi connectivity index (χ0n) is 9.40. The van der Waals surface area contributed by atoms with Gasteiger partial charge in [0.1, 0.15) is 10.4 Å². The lowest BCUT2D eigenvalue weighted by Gasteiger charge is -2.08. The summed E-state index contributed by atoms with van der Waals surface area (Å²) in [6.45, 7) is 0.480. The van der Waals surface area contributed by atoms with Crippen LogP contribution in [0.5, 0.6) is 0 Å². The van der Waals surface area contributed by atoms with Crippen LogP contribution in [0.2, 0.25) is 0 Å². The first-order chi connectivity index (χ1) is 8.69. The number of halogens is 2. The molecule has 2 aromatic rings. The predicted molar refractivity (Wildman–Crippen MR) is 70.7 cm³/mol. The monoisotopic (exact) mass is 311 g/mol.